The van der Waals surface area contributed by atoms with Crippen molar-refractivity contribution in [2.45, 2.75) is 90.6 Å². The van der Waals surface area contributed by atoms with Gasteiger partial charge in [0.05, 0.1) is 7.11 Å². The monoisotopic (exact) mass is 440 g/mol. The zero-order valence-corrected chi connectivity index (χ0v) is 20.0. The molecule has 1 saturated heterocycles. The van der Waals surface area contributed by atoms with E-state index in [9.17, 15) is 14.4 Å². The maximum Gasteiger partial charge on any atom is 0.329 e. The van der Waals surface area contributed by atoms with Crippen LogP contribution in [0, 0.1) is 11.3 Å². The largest absolute Gasteiger partial charge is 0.467 e. The molecule has 2 atom stereocenters. The number of amides is 2. The van der Waals surface area contributed by atoms with Gasteiger partial charge in [0.15, 0.2) is 0 Å². The number of likely N-dealkylation sites (tertiary alicyclic amines) is 1. The van der Waals surface area contributed by atoms with E-state index in [1.54, 1.807) is 11.8 Å². The summed E-state index contributed by atoms with van der Waals surface area (Å²) in [6, 6.07) is -0.419. The van der Waals surface area contributed by atoms with Crippen molar-refractivity contribution >= 4 is 29.5 Å². The Balaban J connectivity index is 1.81. The number of nitrogens with zero attached hydrogens (tertiary/aromatic N) is 1. The maximum absolute atomic E-state index is 12.8. The fourth-order valence-corrected chi connectivity index (χ4v) is 5.66. The molecule has 0 aromatic heterocycles. The Labute approximate surface area is 186 Å². The molecule has 2 fully saturated rings. The zero-order valence-electron chi connectivity index (χ0n) is 19.2. The molecule has 0 aromatic carbocycles. The van der Waals surface area contributed by atoms with E-state index in [-0.39, 0.29) is 17.4 Å². The van der Waals surface area contributed by atoms with Gasteiger partial charge in [-0.05, 0) is 37.0 Å². The second kappa shape index (κ2) is 12.0. The first-order chi connectivity index (χ1) is 14.2. The molecule has 1 aliphatic carbocycles. The molecule has 0 spiro atoms. The number of carbonyl (C=O) groups is 3. The minimum atomic E-state index is -0.650. The van der Waals surface area contributed by atoms with Crippen molar-refractivity contribution in [2.75, 3.05) is 25.2 Å². The molecule has 0 bridgehead atoms. The predicted molar refractivity (Wildman–Crippen MR) is 121 cm³/mol. The number of esters is 1. The van der Waals surface area contributed by atoms with Gasteiger partial charge in [-0.25, -0.2) is 4.79 Å². The number of hydrogen-bond donors (Lipinski definition) is 1. The van der Waals surface area contributed by atoms with E-state index >= 15 is 0 Å². The number of carbonyl (C=O) groups excluding carboxylic acids is 3. The summed E-state index contributed by atoms with van der Waals surface area (Å²) in [5.74, 6) is 1.56. The molecule has 1 N–H and O–H groups in total. The van der Waals surface area contributed by atoms with Gasteiger partial charge in [-0.2, -0.15) is 11.8 Å². The molecule has 2 amide bonds. The summed E-state index contributed by atoms with van der Waals surface area (Å²) >= 11 is 1.62. The normalized spacial score (nSPS) is 21.3. The first-order valence-electron chi connectivity index (χ1n) is 11.4. The highest BCUT2D eigenvalue weighted by atomic mass is 32.2. The first kappa shape index (κ1) is 25.0. The summed E-state index contributed by atoms with van der Waals surface area (Å²) in [5.41, 5.74) is -0.138. The third-order valence-electron chi connectivity index (χ3n) is 5.99. The summed E-state index contributed by atoms with van der Waals surface area (Å²) in [7, 11) is 1.35. The SMILES string of the molecule is COC(=O)[C@H](CSC[C@H]1CCCN1C(=O)CC1CCCCC1)NC(=O)CC(C)(C)C. The minimum Gasteiger partial charge on any atom is -0.467 e. The lowest BCUT2D eigenvalue weighted by Crippen LogP contribution is -2.44. The van der Waals surface area contributed by atoms with E-state index < -0.39 is 12.0 Å². The van der Waals surface area contributed by atoms with E-state index in [0.717, 1.165) is 25.1 Å². The van der Waals surface area contributed by atoms with Gasteiger partial charge in [-0.3, -0.25) is 9.59 Å². The molecule has 7 heteroatoms. The van der Waals surface area contributed by atoms with Crippen LogP contribution in [0.2, 0.25) is 0 Å². The molecular formula is C23H40N2O4S. The van der Waals surface area contributed by atoms with Crippen molar-refractivity contribution in [1.82, 2.24) is 10.2 Å². The topological polar surface area (TPSA) is 75.7 Å². The maximum atomic E-state index is 12.8. The first-order valence-corrected chi connectivity index (χ1v) is 12.6. The van der Waals surface area contributed by atoms with Crippen LogP contribution in [0.1, 0.15) is 78.6 Å². The Bertz CT molecular complexity index is 584. The standard InChI is InChI=1S/C23H40N2O4S/c1-23(2,3)14-20(26)24-19(22(28)29-4)16-30-15-18-11-8-12-25(18)21(27)13-17-9-6-5-7-10-17/h17-19H,5-16H2,1-4H3,(H,24,26)/t18-,19+/m1/s1. The van der Waals surface area contributed by atoms with Crippen molar-refractivity contribution < 1.29 is 19.1 Å². The summed E-state index contributed by atoms with van der Waals surface area (Å²) in [5, 5.41) is 2.82. The molecule has 0 unspecified atom stereocenters. The highest BCUT2D eigenvalue weighted by Gasteiger charge is 2.31. The Hall–Kier alpha value is -1.24. The van der Waals surface area contributed by atoms with Gasteiger partial charge in [0.2, 0.25) is 11.8 Å². The second-order valence-electron chi connectivity index (χ2n) is 10.0. The van der Waals surface area contributed by atoms with Crippen molar-refractivity contribution in [3.63, 3.8) is 0 Å². The van der Waals surface area contributed by atoms with Crippen LogP contribution >= 0.6 is 11.8 Å². The highest BCUT2D eigenvalue weighted by molar-refractivity contribution is 7.99. The molecule has 0 radical (unpaired) electrons. The summed E-state index contributed by atoms with van der Waals surface area (Å²) in [4.78, 5) is 39.3. The second-order valence-corrected chi connectivity index (χ2v) is 11.1. The molecule has 6 nitrogen and oxygen atoms in total. The van der Waals surface area contributed by atoms with E-state index in [0.29, 0.717) is 30.4 Å². The summed E-state index contributed by atoms with van der Waals surface area (Å²) < 4.78 is 4.88. The molecule has 1 saturated carbocycles. The smallest absolute Gasteiger partial charge is 0.329 e. The summed E-state index contributed by atoms with van der Waals surface area (Å²) in [6.45, 7) is 6.83. The summed E-state index contributed by atoms with van der Waals surface area (Å²) in [6.07, 6.45) is 9.31. The molecule has 30 heavy (non-hydrogen) atoms. The number of rotatable bonds is 9. The number of ether oxygens (including phenoxy) is 1. The van der Waals surface area contributed by atoms with Gasteiger partial charge in [-0.1, -0.05) is 40.0 Å². The van der Waals surface area contributed by atoms with Gasteiger partial charge >= 0.3 is 5.97 Å². The molecule has 1 aliphatic heterocycles. The van der Waals surface area contributed by atoms with E-state index in [4.69, 9.17) is 4.74 Å². The van der Waals surface area contributed by atoms with Crippen molar-refractivity contribution in [3.8, 4) is 0 Å². The highest BCUT2D eigenvalue weighted by Crippen LogP contribution is 2.29. The molecule has 2 aliphatic rings. The van der Waals surface area contributed by atoms with Crippen LogP contribution in [0.4, 0.5) is 0 Å². The van der Waals surface area contributed by atoms with E-state index in [1.165, 1.54) is 39.2 Å². The number of hydrogen-bond acceptors (Lipinski definition) is 5. The van der Waals surface area contributed by atoms with Crippen LogP contribution in [0.15, 0.2) is 0 Å². The fraction of sp³-hybridized carbons (Fsp3) is 0.870. The van der Waals surface area contributed by atoms with Gasteiger partial charge in [-0.15, -0.1) is 0 Å². The van der Waals surface area contributed by atoms with Crippen LogP contribution in [-0.4, -0.2) is 59.9 Å². The Kier molecular flexibility index (Phi) is 9.98. The Morgan fingerprint density at radius 3 is 2.43 bits per heavy atom. The van der Waals surface area contributed by atoms with Crippen molar-refractivity contribution in [2.24, 2.45) is 11.3 Å². The number of nitrogens with one attached hydrogen (secondary N) is 1. The van der Waals surface area contributed by atoms with Gasteiger partial charge in [0.1, 0.15) is 6.04 Å². The van der Waals surface area contributed by atoms with Gasteiger partial charge in [0, 0.05) is 36.9 Å². The average Bonchev–Trinajstić information content (AvgIpc) is 3.14. The number of methoxy groups -OCH3 is 1. The molecular weight excluding hydrogens is 400 g/mol. The van der Waals surface area contributed by atoms with Crippen LogP contribution in [0.5, 0.6) is 0 Å². The molecule has 2 rings (SSSR count). The third kappa shape index (κ3) is 8.48. The van der Waals surface area contributed by atoms with Crippen molar-refractivity contribution in [3.05, 3.63) is 0 Å². The van der Waals surface area contributed by atoms with E-state index in [2.05, 4.69) is 10.2 Å². The Morgan fingerprint density at radius 1 is 1.10 bits per heavy atom. The van der Waals surface area contributed by atoms with Gasteiger partial charge < -0.3 is 15.0 Å². The lowest BCUT2D eigenvalue weighted by atomic mass is 9.86. The van der Waals surface area contributed by atoms with Crippen molar-refractivity contribution in [1.29, 1.82) is 0 Å². The Morgan fingerprint density at radius 2 is 1.80 bits per heavy atom. The third-order valence-corrected chi connectivity index (χ3v) is 7.18. The zero-order chi connectivity index (χ0) is 22.1. The molecule has 1 heterocycles. The average molecular weight is 441 g/mol. The lowest BCUT2D eigenvalue weighted by Gasteiger charge is -2.28. The van der Waals surface area contributed by atoms with E-state index in [1.807, 2.05) is 20.8 Å². The fourth-order valence-electron chi connectivity index (χ4n) is 4.45. The number of thioether (sulfide) groups is 1. The van der Waals surface area contributed by atoms with Crippen LogP contribution in [0.3, 0.4) is 0 Å². The van der Waals surface area contributed by atoms with Gasteiger partial charge in [0.25, 0.3) is 0 Å². The van der Waals surface area contributed by atoms with Crippen LogP contribution < -0.4 is 5.32 Å². The quantitative estimate of drug-likeness (QED) is 0.552. The molecule has 172 valence electrons. The van der Waals surface area contributed by atoms with Crippen LogP contribution in [-0.2, 0) is 19.1 Å². The molecule has 0 aromatic rings. The lowest BCUT2D eigenvalue weighted by molar-refractivity contribution is -0.144. The minimum absolute atomic E-state index is 0.136. The predicted octanol–water partition coefficient (Wildman–Crippen LogP) is 3.78. The van der Waals surface area contributed by atoms with Crippen LogP contribution in [0.25, 0.3) is 0 Å².